The fourth-order valence-corrected chi connectivity index (χ4v) is 7.24. The van der Waals surface area contributed by atoms with Crippen LogP contribution >= 0.6 is 0 Å². The molecule has 2 saturated heterocycles. The number of quaternary nitrogens is 1. The number of aliphatic carboxylic acids is 1. The first-order chi connectivity index (χ1) is 22.3. The molecule has 0 spiro atoms. The van der Waals surface area contributed by atoms with Gasteiger partial charge in [-0.3, -0.25) is 14.5 Å². The van der Waals surface area contributed by atoms with Crippen molar-refractivity contribution in [1.82, 2.24) is 4.90 Å². The van der Waals surface area contributed by atoms with Crippen LogP contribution in [0.3, 0.4) is 0 Å². The highest BCUT2D eigenvalue weighted by molar-refractivity contribution is 5.95. The van der Waals surface area contributed by atoms with Gasteiger partial charge in [-0.05, 0) is 42.7 Å². The van der Waals surface area contributed by atoms with Crippen molar-refractivity contribution in [2.45, 2.75) is 64.8 Å². The van der Waals surface area contributed by atoms with E-state index < -0.39 is 35.6 Å². The second-order valence-electron chi connectivity index (χ2n) is 14.7. The molecule has 2 aromatic carbocycles. The van der Waals surface area contributed by atoms with Crippen LogP contribution in [0.1, 0.15) is 57.1 Å². The van der Waals surface area contributed by atoms with Gasteiger partial charge in [-0.15, -0.1) is 0 Å². The number of carboxylic acid groups (broad SMARTS) is 1. The summed E-state index contributed by atoms with van der Waals surface area (Å²) in [5, 5.41) is 10.8. The number of unbranched alkanes of at least 4 members (excludes halogenated alkanes) is 1. The standard InChI is InChI=1S/C36H51N3O8/c1-8-9-13-38(26-12-10-11-24(16-26)22-39(4,5)6)31(40)21-37-20-27(25-17-29(43-7)33-30(18-25)46-23-47-33)32(34(41)42)28(37)19-36(2,3)35-44-14-15-45-35/h10-12,16-18,27-28,32,35H,8-9,13-15,19-23H2,1-7H3/p+1. The third-order valence-electron chi connectivity index (χ3n) is 9.39. The number of methoxy groups -OCH3 is 1. The van der Waals surface area contributed by atoms with E-state index in [0.29, 0.717) is 50.0 Å². The maximum atomic E-state index is 14.4. The van der Waals surface area contributed by atoms with E-state index in [4.69, 9.17) is 23.7 Å². The number of carbonyl (C=O) groups excluding carboxylic acids is 1. The Labute approximate surface area is 278 Å². The maximum Gasteiger partial charge on any atom is 0.308 e. The summed E-state index contributed by atoms with van der Waals surface area (Å²) < 4.78 is 29.5. The van der Waals surface area contributed by atoms with Crippen molar-refractivity contribution >= 4 is 17.6 Å². The van der Waals surface area contributed by atoms with Crippen LogP contribution in [0.25, 0.3) is 0 Å². The first kappa shape index (κ1) is 34.9. The Morgan fingerprint density at radius 2 is 1.85 bits per heavy atom. The Bertz CT molecular complexity index is 1420. The number of ether oxygens (including phenoxy) is 5. The number of nitrogens with zero attached hydrogens (tertiary/aromatic N) is 3. The monoisotopic (exact) mass is 654 g/mol. The van der Waals surface area contributed by atoms with Gasteiger partial charge in [-0.2, -0.15) is 0 Å². The molecule has 3 aliphatic heterocycles. The van der Waals surface area contributed by atoms with Crippen molar-refractivity contribution in [1.29, 1.82) is 0 Å². The van der Waals surface area contributed by atoms with E-state index in [0.717, 1.165) is 40.7 Å². The zero-order valence-corrected chi connectivity index (χ0v) is 29.0. The summed E-state index contributed by atoms with van der Waals surface area (Å²) in [5.74, 6) is -0.644. The number of anilines is 1. The van der Waals surface area contributed by atoms with E-state index in [9.17, 15) is 14.7 Å². The van der Waals surface area contributed by atoms with Gasteiger partial charge >= 0.3 is 5.97 Å². The zero-order chi connectivity index (χ0) is 33.9. The Morgan fingerprint density at radius 3 is 2.51 bits per heavy atom. The lowest BCUT2D eigenvalue weighted by Crippen LogP contribution is -2.47. The van der Waals surface area contributed by atoms with Gasteiger partial charge in [-0.1, -0.05) is 39.3 Å². The van der Waals surface area contributed by atoms with Crippen molar-refractivity contribution in [3.8, 4) is 17.2 Å². The summed E-state index contributed by atoms with van der Waals surface area (Å²) in [6.45, 7) is 9.16. The van der Waals surface area contributed by atoms with Crippen LogP contribution in [-0.2, 0) is 25.6 Å². The van der Waals surface area contributed by atoms with Gasteiger partial charge < -0.3 is 38.2 Å². The highest BCUT2D eigenvalue weighted by atomic mass is 16.7. The van der Waals surface area contributed by atoms with Crippen LogP contribution in [0.2, 0.25) is 0 Å². The van der Waals surface area contributed by atoms with Crippen molar-refractivity contribution < 1.29 is 42.9 Å². The number of benzene rings is 2. The number of hydrogen-bond donors (Lipinski definition) is 1. The average molecular weight is 655 g/mol. The number of carbonyl (C=O) groups is 2. The fraction of sp³-hybridized carbons (Fsp3) is 0.611. The number of carboxylic acids is 1. The summed E-state index contributed by atoms with van der Waals surface area (Å²) in [7, 11) is 8.00. The van der Waals surface area contributed by atoms with Gasteiger partial charge in [0.15, 0.2) is 17.8 Å². The van der Waals surface area contributed by atoms with Gasteiger partial charge in [0, 0.05) is 41.7 Å². The summed E-state index contributed by atoms with van der Waals surface area (Å²) in [6.07, 6.45) is 1.81. The third kappa shape index (κ3) is 8.02. The minimum absolute atomic E-state index is 0.0509. The number of hydrogen-bond acceptors (Lipinski definition) is 8. The first-order valence-electron chi connectivity index (χ1n) is 16.7. The van der Waals surface area contributed by atoms with Crippen LogP contribution in [-0.4, -0.2) is 107 Å². The summed E-state index contributed by atoms with van der Waals surface area (Å²) in [6, 6.07) is 11.5. The van der Waals surface area contributed by atoms with Crippen molar-refractivity contribution in [3.05, 3.63) is 47.5 Å². The molecule has 0 saturated carbocycles. The minimum atomic E-state index is -0.911. The van der Waals surface area contributed by atoms with Crippen LogP contribution in [0.5, 0.6) is 17.2 Å². The minimum Gasteiger partial charge on any atom is -0.493 e. The SMILES string of the molecule is CCCCN(C(=O)CN1CC(c2cc(OC)c3c(c2)OCO3)C(C(=O)O)C1CC(C)(C)C1OCCO1)c1cccc(C[N+](C)(C)C)c1. The second kappa shape index (κ2) is 14.4. The molecule has 11 nitrogen and oxygen atoms in total. The molecule has 0 radical (unpaired) electrons. The number of amides is 1. The molecule has 11 heteroatoms. The predicted octanol–water partition coefficient (Wildman–Crippen LogP) is 4.72. The van der Waals surface area contributed by atoms with Crippen LogP contribution in [0.4, 0.5) is 5.69 Å². The lowest BCUT2D eigenvalue weighted by Gasteiger charge is -2.37. The predicted molar refractivity (Wildman–Crippen MR) is 178 cm³/mol. The Morgan fingerprint density at radius 1 is 1.11 bits per heavy atom. The largest absolute Gasteiger partial charge is 0.493 e. The third-order valence-corrected chi connectivity index (χ3v) is 9.39. The summed E-state index contributed by atoms with van der Waals surface area (Å²) in [4.78, 5) is 31.5. The van der Waals surface area contributed by atoms with E-state index in [1.54, 1.807) is 7.11 Å². The number of fused-ring (bicyclic) bond motifs is 1. The van der Waals surface area contributed by atoms with Gasteiger partial charge in [0.25, 0.3) is 0 Å². The molecule has 0 aromatic heterocycles. The molecule has 2 aromatic rings. The Kier molecular flexibility index (Phi) is 10.7. The molecular weight excluding hydrogens is 602 g/mol. The van der Waals surface area contributed by atoms with E-state index in [2.05, 4.69) is 45.1 Å². The van der Waals surface area contributed by atoms with E-state index in [1.165, 1.54) is 0 Å². The van der Waals surface area contributed by atoms with Crippen molar-refractivity contribution in [2.24, 2.45) is 11.3 Å². The highest BCUT2D eigenvalue weighted by Gasteiger charge is 2.51. The van der Waals surface area contributed by atoms with E-state index >= 15 is 0 Å². The summed E-state index contributed by atoms with van der Waals surface area (Å²) in [5.41, 5.74) is 2.30. The molecule has 1 N–H and O–H groups in total. The molecule has 0 aliphatic carbocycles. The molecular formula is C36H52N3O8+. The van der Waals surface area contributed by atoms with Gasteiger partial charge in [0.1, 0.15) is 6.54 Å². The quantitative estimate of drug-likeness (QED) is 0.290. The lowest BCUT2D eigenvalue weighted by molar-refractivity contribution is -0.884. The van der Waals surface area contributed by atoms with Crippen molar-refractivity contribution in [3.63, 3.8) is 0 Å². The van der Waals surface area contributed by atoms with Crippen molar-refractivity contribution in [2.75, 3.05) is 72.8 Å². The fourth-order valence-electron chi connectivity index (χ4n) is 7.24. The highest BCUT2D eigenvalue weighted by Crippen LogP contribution is 2.49. The topological polar surface area (TPSA) is 107 Å². The number of likely N-dealkylation sites (tertiary alicyclic amines) is 1. The molecule has 3 atom stereocenters. The molecule has 2 fully saturated rings. The van der Waals surface area contributed by atoms with E-state index in [-0.39, 0.29) is 19.2 Å². The Hall–Kier alpha value is -3.38. The molecule has 3 heterocycles. The molecule has 5 rings (SSSR count). The second-order valence-corrected chi connectivity index (χ2v) is 14.7. The van der Waals surface area contributed by atoms with Gasteiger partial charge in [0.2, 0.25) is 18.4 Å². The first-order valence-corrected chi connectivity index (χ1v) is 16.7. The normalized spacial score (nSPS) is 21.7. The zero-order valence-electron chi connectivity index (χ0n) is 29.0. The van der Waals surface area contributed by atoms with E-state index in [1.807, 2.05) is 43.0 Å². The smallest absolute Gasteiger partial charge is 0.308 e. The molecule has 258 valence electrons. The van der Waals surface area contributed by atoms with Gasteiger partial charge in [-0.25, -0.2) is 0 Å². The van der Waals surface area contributed by atoms with Gasteiger partial charge in [0.05, 0.1) is 53.9 Å². The molecule has 0 bridgehead atoms. The lowest BCUT2D eigenvalue weighted by atomic mass is 9.77. The molecule has 3 aliphatic rings. The maximum absolute atomic E-state index is 14.4. The molecule has 1 amide bonds. The average Bonchev–Trinajstić information content (AvgIpc) is 3.77. The van der Waals surface area contributed by atoms with Crippen LogP contribution in [0.15, 0.2) is 36.4 Å². The van der Waals surface area contributed by atoms with Crippen LogP contribution in [0, 0.1) is 11.3 Å². The molecule has 3 unspecified atom stereocenters. The Balaban J connectivity index is 1.49. The molecule has 47 heavy (non-hydrogen) atoms. The summed E-state index contributed by atoms with van der Waals surface area (Å²) >= 11 is 0. The van der Waals surface area contributed by atoms with Crippen LogP contribution < -0.4 is 19.1 Å². The number of rotatable bonds is 14.